The third-order valence-corrected chi connectivity index (χ3v) is 8.99. The highest BCUT2D eigenvalue weighted by Gasteiger charge is 2.23. The lowest BCUT2D eigenvalue weighted by Gasteiger charge is -2.29. The van der Waals surface area contributed by atoms with Gasteiger partial charge in [0.1, 0.15) is 6.61 Å². The quantitative estimate of drug-likeness (QED) is 0.0766. The van der Waals surface area contributed by atoms with Gasteiger partial charge in [-0.15, -0.1) is 0 Å². The number of ether oxygens (including phenoxy) is 3. The van der Waals surface area contributed by atoms with Crippen LogP contribution in [0, 0.1) is 4.91 Å². The Morgan fingerprint density at radius 3 is 2.10 bits per heavy atom. The molecule has 15 nitrogen and oxygen atoms in total. The predicted molar refractivity (Wildman–Crippen MR) is 221 cm³/mol. The van der Waals surface area contributed by atoms with Crippen LogP contribution in [-0.4, -0.2) is 116 Å². The summed E-state index contributed by atoms with van der Waals surface area (Å²) in [5, 5.41) is 5.79. The number of hydrogen-bond donors (Lipinski definition) is 2. The van der Waals surface area contributed by atoms with E-state index in [4.69, 9.17) is 19.0 Å². The Balaban J connectivity index is 1.11. The first kappa shape index (κ1) is 43.4. The highest BCUT2D eigenvalue weighted by Crippen LogP contribution is 2.28. The topological polar surface area (TPSA) is 165 Å². The van der Waals surface area contributed by atoms with Crippen molar-refractivity contribution in [3.05, 3.63) is 107 Å². The Morgan fingerprint density at radius 1 is 0.759 bits per heavy atom. The van der Waals surface area contributed by atoms with E-state index in [1.165, 1.54) is 11.0 Å². The van der Waals surface area contributed by atoms with Gasteiger partial charge in [0.15, 0.2) is 11.4 Å². The number of nitrogens with one attached hydrogen (secondary N) is 2. The summed E-state index contributed by atoms with van der Waals surface area (Å²) in [6.45, 7) is 9.46. The van der Waals surface area contributed by atoms with Gasteiger partial charge in [-0.05, 0) is 76.4 Å². The van der Waals surface area contributed by atoms with Crippen molar-refractivity contribution in [2.45, 2.75) is 45.6 Å². The van der Waals surface area contributed by atoms with Crippen molar-refractivity contribution in [1.29, 1.82) is 0 Å². The second-order valence-corrected chi connectivity index (χ2v) is 14.8. The fourth-order valence-electron chi connectivity index (χ4n) is 6.05. The molecule has 2 heterocycles. The summed E-state index contributed by atoms with van der Waals surface area (Å²) in [6.07, 6.45) is 6.40. The first-order valence-corrected chi connectivity index (χ1v) is 19.6. The van der Waals surface area contributed by atoms with Crippen LogP contribution in [0.3, 0.4) is 0 Å². The van der Waals surface area contributed by atoms with Gasteiger partial charge in [-0.2, -0.15) is 0 Å². The van der Waals surface area contributed by atoms with Crippen molar-refractivity contribution < 1.29 is 38.4 Å². The molecule has 4 aromatic rings. The predicted octanol–water partition coefficient (Wildman–Crippen LogP) is 6.27. The molecule has 1 fully saturated rings. The van der Waals surface area contributed by atoms with Crippen LogP contribution in [0.5, 0.6) is 0 Å². The number of aromatic nitrogens is 2. The van der Waals surface area contributed by atoms with Gasteiger partial charge in [0.05, 0.1) is 67.3 Å². The summed E-state index contributed by atoms with van der Waals surface area (Å²) in [5.74, 6) is -0.635. The SMILES string of the molecule is CN(CCOCCOCCOCC[N+](=O)OC(C)(C)C)C(=O)c1cccc(C(=O)Nc2ccc(N3CCCCC3)cc2C(=O)Nc2cnc(-c3ccccc3)nc2)c1. The fourth-order valence-corrected chi connectivity index (χ4v) is 6.05. The van der Waals surface area contributed by atoms with Crippen LogP contribution >= 0.6 is 0 Å². The highest BCUT2D eigenvalue weighted by atomic mass is 16.8. The molecule has 1 saturated heterocycles. The Hall–Kier alpha value is -5.77. The first-order chi connectivity index (χ1) is 28.0. The standard InChI is InChI=1S/C43H53N7O8/c1-43(2,3)58-50(54)21-23-56-25-27-57-26-24-55-22-20-48(4)42(53)34-15-11-14-33(28-34)40(51)47-38-17-16-36(49-18-9-6-10-19-49)29-37(38)41(52)46-35-30-44-39(45-31-35)32-12-7-5-8-13-32/h5,7-8,11-17,28-31H,6,9-10,18-27H2,1-4H3,(H-,46,47,51,52)/p+1. The third kappa shape index (κ3) is 13.7. The molecule has 3 aromatic carbocycles. The zero-order chi connectivity index (χ0) is 41.3. The maximum absolute atomic E-state index is 13.8. The van der Waals surface area contributed by atoms with Gasteiger partial charge in [0, 0.05) is 49.1 Å². The number of nitrogens with zero attached hydrogens (tertiary/aromatic N) is 5. The molecule has 0 saturated carbocycles. The van der Waals surface area contributed by atoms with Gasteiger partial charge < -0.3 is 34.6 Å². The normalized spacial score (nSPS) is 12.8. The number of hydrogen-bond acceptors (Lipinski definition) is 11. The number of anilines is 3. The van der Waals surface area contributed by atoms with Crippen molar-refractivity contribution in [2.24, 2.45) is 0 Å². The van der Waals surface area contributed by atoms with E-state index < -0.39 is 17.4 Å². The second-order valence-electron chi connectivity index (χ2n) is 14.8. The Bertz CT molecular complexity index is 1970. The summed E-state index contributed by atoms with van der Waals surface area (Å²) in [6, 6.07) is 21.4. The van der Waals surface area contributed by atoms with Crippen LogP contribution < -0.4 is 15.5 Å². The average molecular weight is 797 g/mol. The zero-order valence-electron chi connectivity index (χ0n) is 33.8. The molecule has 1 aliphatic rings. The molecule has 0 spiro atoms. The van der Waals surface area contributed by atoms with Crippen molar-refractivity contribution in [3.63, 3.8) is 0 Å². The molecule has 1 aromatic heterocycles. The van der Waals surface area contributed by atoms with Crippen LogP contribution in [0.1, 0.15) is 71.1 Å². The largest absolute Gasteiger partial charge is 0.377 e. The molecule has 1 aliphatic heterocycles. The third-order valence-electron chi connectivity index (χ3n) is 8.99. The van der Waals surface area contributed by atoms with Crippen LogP contribution in [0.4, 0.5) is 17.1 Å². The van der Waals surface area contributed by atoms with E-state index in [1.54, 1.807) is 70.5 Å². The van der Waals surface area contributed by atoms with E-state index in [9.17, 15) is 19.3 Å². The van der Waals surface area contributed by atoms with Crippen LogP contribution in [-0.2, 0) is 19.0 Å². The lowest BCUT2D eigenvalue weighted by atomic mass is 10.1. The lowest BCUT2D eigenvalue weighted by Crippen LogP contribution is -2.30. The average Bonchev–Trinajstić information content (AvgIpc) is 3.22. The highest BCUT2D eigenvalue weighted by molar-refractivity contribution is 6.13. The van der Waals surface area contributed by atoms with E-state index >= 15 is 0 Å². The van der Waals surface area contributed by atoms with Gasteiger partial charge in [-0.25, -0.2) is 14.8 Å². The molecule has 3 amide bonds. The minimum atomic E-state index is -0.554. The van der Waals surface area contributed by atoms with Crippen LogP contribution in [0.2, 0.25) is 0 Å². The summed E-state index contributed by atoms with van der Waals surface area (Å²) in [4.78, 5) is 70.6. The molecular weight excluding hydrogens is 743 g/mol. The number of likely N-dealkylation sites (N-methyl/N-ethyl adjacent to an activating group) is 1. The van der Waals surface area contributed by atoms with E-state index in [0.717, 1.165) is 43.6 Å². The van der Waals surface area contributed by atoms with Gasteiger partial charge in [0.2, 0.25) is 4.92 Å². The van der Waals surface area contributed by atoms with Crippen molar-refractivity contribution in [3.8, 4) is 11.4 Å². The number of piperidine rings is 1. The maximum atomic E-state index is 13.8. The smallest absolute Gasteiger partial charge is 0.271 e. The summed E-state index contributed by atoms with van der Waals surface area (Å²) in [5.41, 5.74) is 2.81. The monoisotopic (exact) mass is 796 g/mol. The van der Waals surface area contributed by atoms with Crippen molar-refractivity contribution >= 4 is 34.8 Å². The Kier molecular flexibility index (Phi) is 16.2. The minimum Gasteiger partial charge on any atom is -0.377 e. The van der Waals surface area contributed by atoms with Gasteiger partial charge in [0.25, 0.3) is 24.3 Å². The van der Waals surface area contributed by atoms with Crippen LogP contribution in [0.15, 0.2) is 85.2 Å². The van der Waals surface area contributed by atoms with Crippen molar-refractivity contribution in [2.75, 3.05) is 88.4 Å². The first-order valence-electron chi connectivity index (χ1n) is 19.6. The maximum Gasteiger partial charge on any atom is 0.271 e. The number of benzene rings is 3. The molecule has 0 atom stereocenters. The molecule has 5 rings (SSSR count). The zero-order valence-corrected chi connectivity index (χ0v) is 33.8. The number of rotatable bonds is 20. The molecule has 2 N–H and O–H groups in total. The summed E-state index contributed by atoms with van der Waals surface area (Å²) in [7, 11) is 1.66. The molecule has 15 heteroatoms. The van der Waals surface area contributed by atoms with Gasteiger partial charge in [-0.3, -0.25) is 14.4 Å². The molecule has 58 heavy (non-hydrogen) atoms. The van der Waals surface area contributed by atoms with E-state index in [1.807, 2.05) is 36.4 Å². The second kappa shape index (κ2) is 21.7. The lowest BCUT2D eigenvalue weighted by molar-refractivity contribution is -0.821. The molecule has 308 valence electrons. The van der Waals surface area contributed by atoms with E-state index in [2.05, 4.69) is 25.5 Å². The van der Waals surface area contributed by atoms with Crippen molar-refractivity contribution in [1.82, 2.24) is 14.9 Å². The Labute approximate surface area is 339 Å². The number of amides is 3. The molecule has 0 aliphatic carbocycles. The minimum absolute atomic E-state index is 0.0992. The van der Waals surface area contributed by atoms with Gasteiger partial charge >= 0.3 is 0 Å². The summed E-state index contributed by atoms with van der Waals surface area (Å²) >= 11 is 0. The Morgan fingerprint density at radius 2 is 1.41 bits per heavy atom. The molecule has 0 unspecified atom stereocenters. The fraction of sp³-hybridized carbons (Fsp3) is 0.419. The van der Waals surface area contributed by atoms with E-state index in [-0.39, 0.29) is 36.8 Å². The number of carbonyl (C=O) groups is 3. The molecule has 0 radical (unpaired) electrons. The van der Waals surface area contributed by atoms with Crippen LogP contribution in [0.25, 0.3) is 11.4 Å². The number of carbonyl (C=O) groups excluding carboxylic acids is 3. The van der Waals surface area contributed by atoms with Gasteiger partial charge in [-0.1, -0.05) is 36.4 Å². The van der Waals surface area contributed by atoms with E-state index in [0.29, 0.717) is 60.7 Å². The summed E-state index contributed by atoms with van der Waals surface area (Å²) < 4.78 is 16.5. The molecule has 0 bridgehead atoms. The molecular formula is C43H54N7O8+.